The van der Waals surface area contributed by atoms with Crippen molar-refractivity contribution in [3.05, 3.63) is 55.1 Å². The largest absolute Gasteiger partial charge is 0.404 e. The molecule has 1 aromatic rings. The summed E-state index contributed by atoms with van der Waals surface area (Å²) in [6.45, 7) is 6.00. The Morgan fingerprint density at radius 2 is 2.00 bits per heavy atom. The van der Waals surface area contributed by atoms with Crippen molar-refractivity contribution in [2.75, 3.05) is 25.4 Å². The fourth-order valence-corrected chi connectivity index (χ4v) is 5.41. The van der Waals surface area contributed by atoms with Crippen molar-refractivity contribution in [2.45, 2.75) is 45.9 Å². The minimum Gasteiger partial charge on any atom is -0.404 e. The van der Waals surface area contributed by atoms with Gasteiger partial charge in [-0.3, -0.25) is 4.90 Å². The number of anilines is 1. The van der Waals surface area contributed by atoms with Gasteiger partial charge >= 0.3 is 0 Å². The zero-order valence-corrected chi connectivity index (χ0v) is 21.0. The number of piperidine rings is 1. The van der Waals surface area contributed by atoms with Crippen LogP contribution in [-0.4, -0.2) is 36.1 Å². The molecule has 1 heterocycles. The summed E-state index contributed by atoms with van der Waals surface area (Å²) in [5.41, 5.74) is 18.3. The molecule has 5 N–H and O–H groups in total. The molecule has 0 saturated carbocycles. The SMILES string of the molecule is CCOC(O)N1CCC(=C2c3c(cc(Cl)c(N)c3Cl)CC/C(=C/C(Br)=C\N)C2C)CC1. The first-order valence-corrected chi connectivity index (χ1v) is 12.1. The molecule has 0 spiro atoms. The normalized spacial score (nSPS) is 23.1. The maximum atomic E-state index is 10.2. The van der Waals surface area contributed by atoms with E-state index in [1.165, 1.54) is 16.7 Å². The molecule has 1 aromatic carbocycles. The number of aliphatic hydroxyl groups is 1. The number of aliphatic hydroxyl groups excluding tert-OH is 1. The van der Waals surface area contributed by atoms with Gasteiger partial charge in [0.05, 0.1) is 15.7 Å². The second kappa shape index (κ2) is 10.7. The molecule has 8 heteroatoms. The highest BCUT2D eigenvalue weighted by atomic mass is 79.9. The Labute approximate surface area is 202 Å². The molecule has 0 aromatic heterocycles. The summed E-state index contributed by atoms with van der Waals surface area (Å²) in [5.74, 6) is 0.144. The van der Waals surface area contributed by atoms with E-state index in [9.17, 15) is 5.11 Å². The Morgan fingerprint density at radius 1 is 1.32 bits per heavy atom. The second-order valence-corrected chi connectivity index (χ2v) is 9.65. The number of halogens is 3. The number of hydrogen-bond acceptors (Lipinski definition) is 5. The number of nitrogen functional groups attached to an aromatic ring is 1. The monoisotopic (exact) mass is 529 g/mol. The van der Waals surface area contributed by atoms with Gasteiger partial charge in [-0.05, 0) is 71.8 Å². The molecule has 2 unspecified atom stereocenters. The minimum absolute atomic E-state index is 0.144. The average molecular weight is 531 g/mol. The van der Waals surface area contributed by atoms with Crippen LogP contribution in [0.2, 0.25) is 10.0 Å². The van der Waals surface area contributed by atoms with Crippen LogP contribution in [0.1, 0.15) is 44.2 Å². The molecule has 31 heavy (non-hydrogen) atoms. The molecule has 1 fully saturated rings. The van der Waals surface area contributed by atoms with Crippen LogP contribution in [0.15, 0.2) is 34.0 Å². The third kappa shape index (κ3) is 5.32. The molecule has 5 nitrogen and oxygen atoms in total. The van der Waals surface area contributed by atoms with Crippen LogP contribution in [0.25, 0.3) is 5.57 Å². The molecule has 1 aliphatic carbocycles. The summed E-state index contributed by atoms with van der Waals surface area (Å²) in [6.07, 6.45) is 6.13. The van der Waals surface area contributed by atoms with E-state index in [1.807, 2.05) is 17.9 Å². The second-order valence-electron chi connectivity index (χ2n) is 7.95. The summed E-state index contributed by atoms with van der Waals surface area (Å²) >= 11 is 16.7. The number of benzene rings is 1. The van der Waals surface area contributed by atoms with Gasteiger partial charge in [0.25, 0.3) is 0 Å². The van der Waals surface area contributed by atoms with Crippen LogP contribution in [0.3, 0.4) is 0 Å². The Morgan fingerprint density at radius 3 is 2.61 bits per heavy atom. The zero-order valence-electron chi connectivity index (χ0n) is 17.9. The van der Waals surface area contributed by atoms with Gasteiger partial charge in [-0.25, -0.2) is 0 Å². The lowest BCUT2D eigenvalue weighted by atomic mass is 9.82. The number of rotatable bonds is 4. The lowest BCUT2D eigenvalue weighted by Crippen LogP contribution is -2.41. The van der Waals surface area contributed by atoms with Gasteiger partial charge < -0.3 is 21.3 Å². The van der Waals surface area contributed by atoms with E-state index in [1.54, 1.807) is 6.20 Å². The van der Waals surface area contributed by atoms with Crippen LogP contribution < -0.4 is 11.5 Å². The number of hydrogen-bond donors (Lipinski definition) is 3. The quantitative estimate of drug-likeness (QED) is 0.274. The summed E-state index contributed by atoms with van der Waals surface area (Å²) in [5, 5.41) is 11.2. The molecule has 2 aliphatic rings. The molecular formula is C23H30BrCl2N3O2. The van der Waals surface area contributed by atoms with Crippen molar-refractivity contribution in [3.63, 3.8) is 0 Å². The van der Waals surface area contributed by atoms with Crippen LogP contribution in [-0.2, 0) is 11.2 Å². The first-order chi connectivity index (χ1) is 14.8. The van der Waals surface area contributed by atoms with Crippen molar-refractivity contribution in [2.24, 2.45) is 11.7 Å². The molecule has 2 atom stereocenters. The first-order valence-electron chi connectivity index (χ1n) is 10.6. The Kier molecular flexibility index (Phi) is 8.52. The van der Waals surface area contributed by atoms with Gasteiger partial charge in [-0.2, -0.15) is 0 Å². The van der Waals surface area contributed by atoms with E-state index in [4.69, 9.17) is 39.4 Å². The van der Waals surface area contributed by atoms with Crippen molar-refractivity contribution in [1.29, 1.82) is 0 Å². The smallest absolute Gasteiger partial charge is 0.216 e. The topological polar surface area (TPSA) is 84.7 Å². The molecule has 170 valence electrons. The molecule has 0 amide bonds. The van der Waals surface area contributed by atoms with Gasteiger partial charge in [-0.15, -0.1) is 0 Å². The molecular weight excluding hydrogens is 501 g/mol. The predicted molar refractivity (Wildman–Crippen MR) is 133 cm³/mol. The van der Waals surface area contributed by atoms with Gasteiger partial charge in [0.2, 0.25) is 6.41 Å². The maximum Gasteiger partial charge on any atom is 0.216 e. The van der Waals surface area contributed by atoms with E-state index in [-0.39, 0.29) is 5.92 Å². The van der Waals surface area contributed by atoms with E-state index in [0.29, 0.717) is 35.4 Å². The van der Waals surface area contributed by atoms with Crippen molar-refractivity contribution < 1.29 is 9.84 Å². The number of nitrogens with two attached hydrogens (primary N) is 2. The predicted octanol–water partition coefficient (Wildman–Crippen LogP) is 5.44. The molecule has 1 aliphatic heterocycles. The zero-order chi connectivity index (χ0) is 22.7. The molecule has 3 rings (SSSR count). The summed E-state index contributed by atoms with van der Waals surface area (Å²) in [6, 6.07) is 1.95. The van der Waals surface area contributed by atoms with Gasteiger partial charge in [-0.1, -0.05) is 41.3 Å². The van der Waals surface area contributed by atoms with E-state index in [0.717, 1.165) is 41.3 Å². The number of likely N-dealkylation sites (tertiary alicyclic amines) is 1. The molecule has 0 radical (unpaired) electrons. The third-order valence-electron chi connectivity index (χ3n) is 6.17. The summed E-state index contributed by atoms with van der Waals surface area (Å²) < 4.78 is 6.21. The number of allylic oxidation sites excluding steroid dienone is 4. The lowest BCUT2D eigenvalue weighted by molar-refractivity contribution is -0.192. The van der Waals surface area contributed by atoms with Crippen molar-refractivity contribution >= 4 is 50.4 Å². The molecule has 0 bridgehead atoms. The highest BCUT2D eigenvalue weighted by Gasteiger charge is 2.31. The number of ether oxygens (including phenoxy) is 1. The van der Waals surface area contributed by atoms with Crippen LogP contribution in [0.5, 0.6) is 0 Å². The van der Waals surface area contributed by atoms with Crippen molar-refractivity contribution in [3.8, 4) is 0 Å². The van der Waals surface area contributed by atoms with E-state index < -0.39 is 6.41 Å². The third-order valence-corrected chi connectivity index (χ3v) is 7.37. The fourth-order valence-electron chi connectivity index (χ4n) is 4.51. The van der Waals surface area contributed by atoms with Crippen LogP contribution in [0.4, 0.5) is 5.69 Å². The average Bonchev–Trinajstić information content (AvgIpc) is 2.89. The summed E-state index contributed by atoms with van der Waals surface area (Å²) in [4.78, 5) is 1.96. The minimum atomic E-state index is -0.866. The Balaban J connectivity index is 2.10. The summed E-state index contributed by atoms with van der Waals surface area (Å²) in [7, 11) is 0. The van der Waals surface area contributed by atoms with Gasteiger partial charge in [0, 0.05) is 41.9 Å². The number of nitrogens with zero attached hydrogens (tertiary/aromatic N) is 1. The van der Waals surface area contributed by atoms with Crippen molar-refractivity contribution in [1.82, 2.24) is 4.90 Å². The van der Waals surface area contributed by atoms with Gasteiger partial charge in [0.1, 0.15) is 0 Å². The maximum absolute atomic E-state index is 10.2. The highest BCUT2D eigenvalue weighted by molar-refractivity contribution is 9.11. The molecule has 1 saturated heterocycles. The highest BCUT2D eigenvalue weighted by Crippen LogP contribution is 2.47. The first kappa shape index (κ1) is 24.6. The Bertz CT molecular complexity index is 920. The Hall–Kier alpha value is -1.02. The lowest BCUT2D eigenvalue weighted by Gasteiger charge is -2.34. The standard InChI is InChI=1S/C23H30BrCl2N3O2/c1-3-31-23(30)29-8-6-14(7-9-29)19-13(2)15(10-17(24)12-27)4-5-16-11-18(25)22(28)21(26)20(16)19/h10-13,23,30H,3-9,27-28H2,1-2H3/b15-10-,17-12+. The van der Waals surface area contributed by atoms with E-state index in [2.05, 4.69) is 28.9 Å². The number of aryl methyl sites for hydroxylation is 1. The number of fused-ring (bicyclic) bond motifs is 1. The van der Waals surface area contributed by atoms with Crippen LogP contribution in [0, 0.1) is 5.92 Å². The fraction of sp³-hybridized carbons (Fsp3) is 0.478. The van der Waals surface area contributed by atoms with Gasteiger partial charge in [0.15, 0.2) is 0 Å². The van der Waals surface area contributed by atoms with Crippen LogP contribution >= 0.6 is 39.1 Å². The van der Waals surface area contributed by atoms with E-state index >= 15 is 0 Å².